The lowest BCUT2D eigenvalue weighted by atomic mass is 10.1. The summed E-state index contributed by atoms with van der Waals surface area (Å²) in [6.45, 7) is 6.44. The van der Waals surface area contributed by atoms with Crippen molar-refractivity contribution in [1.82, 2.24) is 5.32 Å². The van der Waals surface area contributed by atoms with Gasteiger partial charge in [-0.2, -0.15) is 0 Å². The number of nitrogens with two attached hydrogens (primary N) is 1. The number of amides is 1. The Morgan fingerprint density at radius 3 is 2.63 bits per heavy atom. The van der Waals surface area contributed by atoms with Crippen molar-refractivity contribution >= 4 is 17.5 Å². The summed E-state index contributed by atoms with van der Waals surface area (Å²) in [5.41, 5.74) is 6.44. The first kappa shape index (κ1) is 15.8. The molecule has 5 heteroatoms. The van der Waals surface area contributed by atoms with Crippen LogP contribution in [0, 0.1) is 5.92 Å². The number of halogens is 1. The van der Waals surface area contributed by atoms with Crippen molar-refractivity contribution in [2.75, 3.05) is 6.61 Å². The molecular weight excluding hydrogens is 264 g/mol. The zero-order chi connectivity index (χ0) is 14.4. The second kappa shape index (κ2) is 7.36. The molecule has 1 aromatic rings. The minimum Gasteiger partial charge on any atom is -0.482 e. The molecule has 0 heterocycles. The first-order valence-electron chi connectivity index (χ1n) is 6.34. The maximum absolute atomic E-state index is 11.7. The zero-order valence-corrected chi connectivity index (χ0v) is 12.3. The Hall–Kier alpha value is -1.26. The fourth-order valence-corrected chi connectivity index (χ4v) is 1.65. The van der Waals surface area contributed by atoms with Gasteiger partial charge in [-0.15, -0.1) is 0 Å². The van der Waals surface area contributed by atoms with Gasteiger partial charge in [0.25, 0.3) is 5.91 Å². The Kier molecular flexibility index (Phi) is 6.12. The Bertz CT molecular complexity index is 435. The van der Waals surface area contributed by atoms with E-state index in [2.05, 4.69) is 5.32 Å². The lowest BCUT2D eigenvalue weighted by Crippen LogP contribution is -2.38. The smallest absolute Gasteiger partial charge is 0.258 e. The molecule has 106 valence electrons. The zero-order valence-electron chi connectivity index (χ0n) is 11.6. The minimum atomic E-state index is -0.153. The molecule has 0 aliphatic rings. The van der Waals surface area contributed by atoms with Gasteiger partial charge in [0.15, 0.2) is 6.61 Å². The van der Waals surface area contributed by atoms with Gasteiger partial charge in [-0.1, -0.05) is 31.5 Å². The lowest BCUT2D eigenvalue weighted by molar-refractivity contribution is -0.123. The second-order valence-electron chi connectivity index (χ2n) is 4.86. The first-order valence-corrected chi connectivity index (χ1v) is 6.72. The lowest BCUT2D eigenvalue weighted by Gasteiger charge is -2.17. The van der Waals surface area contributed by atoms with Crippen LogP contribution in [0.2, 0.25) is 5.02 Å². The first-order chi connectivity index (χ1) is 8.93. The predicted octanol–water partition coefficient (Wildman–Crippen LogP) is 2.34. The molecule has 3 N–H and O–H groups in total. The van der Waals surface area contributed by atoms with Crippen LogP contribution in [0.3, 0.4) is 0 Å². The van der Waals surface area contributed by atoms with E-state index in [-0.39, 0.29) is 18.6 Å². The standard InChI is InChI=1S/C14H21ClN2O2/c1-9(2)10(3)17-14(18)8-19-13-5-4-11(7-16)6-12(13)15/h4-6,9-10H,7-8,16H2,1-3H3,(H,17,18). The van der Waals surface area contributed by atoms with Crippen LogP contribution in [-0.4, -0.2) is 18.6 Å². The molecule has 0 radical (unpaired) electrons. The summed E-state index contributed by atoms with van der Waals surface area (Å²) in [5.74, 6) is 0.725. The summed E-state index contributed by atoms with van der Waals surface area (Å²) in [5, 5.41) is 3.33. The van der Waals surface area contributed by atoms with Gasteiger partial charge in [0.2, 0.25) is 0 Å². The van der Waals surface area contributed by atoms with Crippen molar-refractivity contribution in [3.05, 3.63) is 28.8 Å². The van der Waals surface area contributed by atoms with E-state index in [1.807, 2.05) is 26.8 Å². The number of ether oxygens (including phenoxy) is 1. The van der Waals surface area contributed by atoms with Crippen LogP contribution >= 0.6 is 11.6 Å². The quantitative estimate of drug-likeness (QED) is 0.843. The highest BCUT2D eigenvalue weighted by Crippen LogP contribution is 2.25. The number of benzene rings is 1. The van der Waals surface area contributed by atoms with Crippen LogP contribution in [0.15, 0.2) is 18.2 Å². The number of hydrogen-bond donors (Lipinski definition) is 2. The molecule has 0 aliphatic heterocycles. The normalized spacial score (nSPS) is 12.3. The van der Waals surface area contributed by atoms with Gasteiger partial charge >= 0.3 is 0 Å². The highest BCUT2D eigenvalue weighted by Gasteiger charge is 2.12. The minimum absolute atomic E-state index is 0.0429. The van der Waals surface area contributed by atoms with E-state index in [1.54, 1.807) is 12.1 Å². The Balaban J connectivity index is 2.50. The van der Waals surface area contributed by atoms with Crippen molar-refractivity contribution < 1.29 is 9.53 Å². The van der Waals surface area contributed by atoms with Crippen molar-refractivity contribution in [1.29, 1.82) is 0 Å². The van der Waals surface area contributed by atoms with Crippen molar-refractivity contribution in [3.63, 3.8) is 0 Å². The predicted molar refractivity (Wildman–Crippen MR) is 77.3 cm³/mol. The average molecular weight is 285 g/mol. The molecule has 1 aromatic carbocycles. The number of carbonyl (C=O) groups excluding carboxylic acids is 1. The summed E-state index contributed by atoms with van der Waals surface area (Å²) in [6.07, 6.45) is 0. The van der Waals surface area contributed by atoms with Crippen LogP contribution in [0.1, 0.15) is 26.3 Å². The average Bonchev–Trinajstić information content (AvgIpc) is 2.36. The van der Waals surface area contributed by atoms with Gasteiger partial charge in [0.05, 0.1) is 5.02 Å². The fraction of sp³-hybridized carbons (Fsp3) is 0.500. The highest BCUT2D eigenvalue weighted by atomic mass is 35.5. The highest BCUT2D eigenvalue weighted by molar-refractivity contribution is 6.32. The molecule has 0 saturated heterocycles. The van der Waals surface area contributed by atoms with Gasteiger partial charge < -0.3 is 15.8 Å². The Labute approximate surface area is 119 Å². The van der Waals surface area contributed by atoms with E-state index in [1.165, 1.54) is 0 Å². The molecule has 0 bridgehead atoms. The Morgan fingerprint density at radius 2 is 2.11 bits per heavy atom. The van der Waals surface area contributed by atoms with Gasteiger partial charge in [-0.25, -0.2) is 0 Å². The monoisotopic (exact) mass is 284 g/mol. The van der Waals surface area contributed by atoms with Crippen LogP contribution in [0.25, 0.3) is 0 Å². The molecule has 4 nitrogen and oxygen atoms in total. The molecule has 0 saturated carbocycles. The summed E-state index contributed by atoms with van der Waals surface area (Å²) in [6, 6.07) is 5.41. The number of nitrogens with one attached hydrogen (secondary N) is 1. The van der Waals surface area contributed by atoms with Gasteiger partial charge in [-0.3, -0.25) is 4.79 Å². The molecule has 0 fully saturated rings. The van der Waals surface area contributed by atoms with Crippen LogP contribution in [0.5, 0.6) is 5.75 Å². The third kappa shape index (κ3) is 5.09. The maximum Gasteiger partial charge on any atom is 0.258 e. The molecule has 1 atom stereocenters. The van der Waals surface area contributed by atoms with Crippen LogP contribution < -0.4 is 15.8 Å². The summed E-state index contributed by atoms with van der Waals surface area (Å²) >= 11 is 6.04. The van der Waals surface area contributed by atoms with Crippen LogP contribution in [0.4, 0.5) is 0 Å². The maximum atomic E-state index is 11.7. The number of carbonyl (C=O) groups is 1. The van der Waals surface area contributed by atoms with Crippen molar-refractivity contribution in [2.45, 2.75) is 33.4 Å². The molecule has 1 unspecified atom stereocenters. The van der Waals surface area contributed by atoms with E-state index >= 15 is 0 Å². The summed E-state index contributed by atoms with van der Waals surface area (Å²) in [7, 11) is 0. The third-order valence-electron chi connectivity index (χ3n) is 2.98. The molecule has 0 aliphatic carbocycles. The Morgan fingerprint density at radius 1 is 1.42 bits per heavy atom. The molecule has 19 heavy (non-hydrogen) atoms. The van der Waals surface area contributed by atoms with E-state index in [4.69, 9.17) is 22.1 Å². The van der Waals surface area contributed by atoms with Crippen molar-refractivity contribution in [2.24, 2.45) is 11.7 Å². The van der Waals surface area contributed by atoms with Crippen LogP contribution in [-0.2, 0) is 11.3 Å². The van der Waals surface area contributed by atoms with E-state index in [0.29, 0.717) is 23.2 Å². The molecule has 0 aromatic heterocycles. The van der Waals surface area contributed by atoms with Gasteiger partial charge in [0, 0.05) is 12.6 Å². The fourth-order valence-electron chi connectivity index (χ4n) is 1.39. The third-order valence-corrected chi connectivity index (χ3v) is 3.27. The molecular formula is C14H21ClN2O2. The molecule has 1 rings (SSSR count). The van der Waals surface area contributed by atoms with Gasteiger partial charge in [0.1, 0.15) is 5.75 Å². The summed E-state index contributed by atoms with van der Waals surface area (Å²) < 4.78 is 5.39. The number of hydrogen-bond acceptors (Lipinski definition) is 3. The molecule has 1 amide bonds. The van der Waals surface area contributed by atoms with Gasteiger partial charge in [-0.05, 0) is 30.5 Å². The van der Waals surface area contributed by atoms with Crippen molar-refractivity contribution in [3.8, 4) is 5.75 Å². The molecule has 0 spiro atoms. The largest absolute Gasteiger partial charge is 0.482 e. The topological polar surface area (TPSA) is 64.3 Å². The summed E-state index contributed by atoms with van der Waals surface area (Å²) in [4.78, 5) is 11.7. The van der Waals surface area contributed by atoms with E-state index in [0.717, 1.165) is 5.56 Å². The van der Waals surface area contributed by atoms with E-state index in [9.17, 15) is 4.79 Å². The van der Waals surface area contributed by atoms with E-state index < -0.39 is 0 Å². The SMILES string of the molecule is CC(C)C(C)NC(=O)COc1ccc(CN)cc1Cl. The number of rotatable bonds is 6. The second-order valence-corrected chi connectivity index (χ2v) is 5.26.